The van der Waals surface area contributed by atoms with Crippen molar-refractivity contribution >= 4 is 55.9 Å². The van der Waals surface area contributed by atoms with Crippen LogP contribution in [0.2, 0.25) is 5.02 Å². The highest BCUT2D eigenvalue weighted by Gasteiger charge is 2.13. The first-order valence-corrected chi connectivity index (χ1v) is 8.51. The van der Waals surface area contributed by atoms with Crippen LogP contribution in [0.25, 0.3) is 11.4 Å². The molecule has 0 fully saturated rings. The average molecular weight is 467 g/mol. The van der Waals surface area contributed by atoms with Crippen molar-refractivity contribution in [3.05, 3.63) is 37.0 Å². The molecule has 0 saturated heterocycles. The maximum absolute atomic E-state index is 6.26. The van der Waals surface area contributed by atoms with Crippen LogP contribution in [0.5, 0.6) is 0 Å². The molecule has 0 aliphatic carbocycles. The molecular weight excluding hydrogens is 452 g/mol. The van der Waals surface area contributed by atoms with Crippen LogP contribution in [0.15, 0.2) is 22.7 Å². The minimum Gasteiger partial charge on any atom is -0.369 e. The van der Waals surface area contributed by atoms with Crippen molar-refractivity contribution in [2.45, 2.75) is 20.3 Å². The van der Waals surface area contributed by atoms with Crippen LogP contribution in [0.1, 0.15) is 19.0 Å². The van der Waals surface area contributed by atoms with E-state index in [0.29, 0.717) is 10.8 Å². The summed E-state index contributed by atoms with van der Waals surface area (Å²) in [5.41, 5.74) is 1.78. The number of hydrogen-bond acceptors (Lipinski definition) is 3. The van der Waals surface area contributed by atoms with Crippen molar-refractivity contribution in [3.8, 4) is 11.4 Å². The van der Waals surface area contributed by atoms with E-state index in [9.17, 15) is 0 Å². The van der Waals surface area contributed by atoms with Gasteiger partial charge in [-0.25, -0.2) is 9.97 Å². The molecular formula is C14H14BrClIN3. The maximum atomic E-state index is 6.26. The van der Waals surface area contributed by atoms with Crippen molar-refractivity contribution < 1.29 is 0 Å². The topological polar surface area (TPSA) is 37.8 Å². The second kappa shape index (κ2) is 7.04. The standard InChI is InChI=1S/C14H14BrClIN3/c1-3-6-18-14-12(17)8(2)19-13(20-14)10-7-9(15)4-5-11(10)16/h4-5,7H,3,6H2,1-2H3,(H,18,19,20). The summed E-state index contributed by atoms with van der Waals surface area (Å²) in [5, 5.41) is 3.98. The zero-order chi connectivity index (χ0) is 14.7. The summed E-state index contributed by atoms with van der Waals surface area (Å²) in [7, 11) is 0. The number of nitrogens with zero attached hydrogens (tertiary/aromatic N) is 2. The quantitative estimate of drug-likeness (QED) is 0.622. The van der Waals surface area contributed by atoms with E-state index >= 15 is 0 Å². The lowest BCUT2D eigenvalue weighted by Gasteiger charge is -2.11. The van der Waals surface area contributed by atoms with E-state index in [1.165, 1.54) is 0 Å². The summed E-state index contributed by atoms with van der Waals surface area (Å²) in [5.74, 6) is 1.51. The molecule has 0 unspecified atom stereocenters. The Morgan fingerprint density at radius 2 is 2.10 bits per heavy atom. The smallest absolute Gasteiger partial charge is 0.163 e. The Kier molecular flexibility index (Phi) is 5.63. The fourth-order valence-corrected chi connectivity index (χ4v) is 2.70. The van der Waals surface area contributed by atoms with Gasteiger partial charge in [-0.05, 0) is 54.1 Å². The van der Waals surface area contributed by atoms with E-state index in [2.05, 4.69) is 60.7 Å². The fourth-order valence-electron chi connectivity index (χ4n) is 1.71. The summed E-state index contributed by atoms with van der Waals surface area (Å²) >= 11 is 12.0. The minimum absolute atomic E-state index is 0.646. The zero-order valence-electron chi connectivity index (χ0n) is 11.2. The Morgan fingerprint density at radius 3 is 2.80 bits per heavy atom. The Balaban J connectivity index is 2.51. The third kappa shape index (κ3) is 3.62. The third-order valence-corrected chi connectivity index (χ3v) is 4.84. The van der Waals surface area contributed by atoms with Crippen LogP contribution in [0.4, 0.5) is 5.82 Å². The van der Waals surface area contributed by atoms with Crippen LogP contribution < -0.4 is 5.32 Å². The summed E-state index contributed by atoms with van der Waals surface area (Å²) in [6, 6.07) is 5.69. The van der Waals surface area contributed by atoms with Crippen molar-refractivity contribution in [1.82, 2.24) is 9.97 Å². The number of rotatable bonds is 4. The maximum Gasteiger partial charge on any atom is 0.163 e. The van der Waals surface area contributed by atoms with E-state index in [1.807, 2.05) is 25.1 Å². The minimum atomic E-state index is 0.646. The number of anilines is 1. The van der Waals surface area contributed by atoms with E-state index in [4.69, 9.17) is 11.6 Å². The van der Waals surface area contributed by atoms with Crippen LogP contribution in [-0.2, 0) is 0 Å². The molecule has 0 radical (unpaired) electrons. The van der Waals surface area contributed by atoms with Gasteiger partial charge in [-0.15, -0.1) is 0 Å². The molecule has 2 aromatic rings. The van der Waals surface area contributed by atoms with Crippen LogP contribution >= 0.6 is 50.1 Å². The molecule has 0 aliphatic heterocycles. The predicted octanol–water partition coefficient (Wildman–Crippen LogP) is 5.29. The number of nitrogens with one attached hydrogen (secondary N) is 1. The normalized spacial score (nSPS) is 10.7. The van der Waals surface area contributed by atoms with Crippen LogP contribution in [-0.4, -0.2) is 16.5 Å². The van der Waals surface area contributed by atoms with Gasteiger partial charge in [0.2, 0.25) is 0 Å². The first-order valence-electron chi connectivity index (χ1n) is 6.26. The van der Waals surface area contributed by atoms with Gasteiger partial charge in [0.1, 0.15) is 5.82 Å². The Labute approximate surface area is 145 Å². The molecule has 106 valence electrons. The number of benzene rings is 1. The van der Waals surface area contributed by atoms with Gasteiger partial charge in [0.05, 0.1) is 14.3 Å². The van der Waals surface area contributed by atoms with Gasteiger partial charge in [0.15, 0.2) is 5.82 Å². The molecule has 1 N–H and O–H groups in total. The fraction of sp³-hybridized carbons (Fsp3) is 0.286. The third-order valence-electron chi connectivity index (χ3n) is 2.73. The van der Waals surface area contributed by atoms with Crippen molar-refractivity contribution in [2.75, 3.05) is 11.9 Å². The van der Waals surface area contributed by atoms with Crippen molar-refractivity contribution in [2.24, 2.45) is 0 Å². The molecule has 6 heteroatoms. The predicted molar refractivity (Wildman–Crippen MR) is 96.4 cm³/mol. The lowest BCUT2D eigenvalue weighted by Crippen LogP contribution is -2.07. The van der Waals surface area contributed by atoms with Crippen molar-refractivity contribution in [1.29, 1.82) is 0 Å². The SMILES string of the molecule is CCCNc1nc(-c2cc(Br)ccc2Cl)nc(C)c1I. The van der Waals surface area contributed by atoms with Gasteiger partial charge in [-0.1, -0.05) is 34.5 Å². The zero-order valence-corrected chi connectivity index (χ0v) is 15.7. The second-order valence-electron chi connectivity index (χ2n) is 4.35. The first-order chi connectivity index (χ1) is 9.52. The summed E-state index contributed by atoms with van der Waals surface area (Å²) < 4.78 is 2.01. The highest BCUT2D eigenvalue weighted by Crippen LogP contribution is 2.30. The van der Waals surface area contributed by atoms with Gasteiger partial charge in [0, 0.05) is 16.6 Å². The Bertz CT molecular complexity index is 634. The number of aromatic nitrogens is 2. The van der Waals surface area contributed by atoms with Gasteiger partial charge in [0.25, 0.3) is 0 Å². The molecule has 0 spiro atoms. The monoisotopic (exact) mass is 465 g/mol. The summed E-state index contributed by atoms with van der Waals surface area (Å²) in [4.78, 5) is 9.16. The molecule has 1 aromatic carbocycles. The highest BCUT2D eigenvalue weighted by molar-refractivity contribution is 14.1. The van der Waals surface area contributed by atoms with Gasteiger partial charge in [-0.3, -0.25) is 0 Å². The Hall–Kier alpha value is -0.400. The molecule has 0 amide bonds. The lowest BCUT2D eigenvalue weighted by molar-refractivity contribution is 0.958. The lowest BCUT2D eigenvalue weighted by atomic mass is 10.2. The highest BCUT2D eigenvalue weighted by atomic mass is 127. The molecule has 0 atom stereocenters. The van der Waals surface area contributed by atoms with E-state index < -0.39 is 0 Å². The molecule has 0 saturated carbocycles. The molecule has 1 heterocycles. The van der Waals surface area contributed by atoms with Crippen LogP contribution in [0.3, 0.4) is 0 Å². The van der Waals surface area contributed by atoms with Gasteiger partial charge >= 0.3 is 0 Å². The van der Waals surface area contributed by atoms with E-state index in [0.717, 1.165) is 38.1 Å². The molecule has 20 heavy (non-hydrogen) atoms. The number of hydrogen-bond donors (Lipinski definition) is 1. The van der Waals surface area contributed by atoms with Crippen LogP contribution in [0, 0.1) is 10.5 Å². The Morgan fingerprint density at radius 1 is 1.35 bits per heavy atom. The second-order valence-corrected chi connectivity index (χ2v) is 6.75. The first kappa shape index (κ1) is 16.0. The molecule has 0 aliphatic rings. The van der Waals surface area contributed by atoms with E-state index in [-0.39, 0.29) is 0 Å². The molecule has 1 aromatic heterocycles. The molecule has 2 rings (SSSR count). The molecule has 3 nitrogen and oxygen atoms in total. The van der Waals surface area contributed by atoms with Gasteiger partial charge < -0.3 is 5.32 Å². The van der Waals surface area contributed by atoms with E-state index in [1.54, 1.807) is 0 Å². The van der Waals surface area contributed by atoms with Crippen molar-refractivity contribution in [3.63, 3.8) is 0 Å². The summed E-state index contributed by atoms with van der Waals surface area (Å²) in [6.07, 6.45) is 1.05. The van der Waals surface area contributed by atoms with Gasteiger partial charge in [-0.2, -0.15) is 0 Å². The average Bonchev–Trinajstić information content (AvgIpc) is 2.43. The number of halogens is 3. The summed E-state index contributed by atoms with van der Waals surface area (Å²) in [6.45, 7) is 4.99. The molecule has 0 bridgehead atoms. The number of aryl methyl sites for hydroxylation is 1. The largest absolute Gasteiger partial charge is 0.369 e.